The summed E-state index contributed by atoms with van der Waals surface area (Å²) in [5.41, 5.74) is 2.00. The number of nitro groups is 1. The number of rotatable bonds is 10. The maximum atomic E-state index is 12.3. The van der Waals surface area contributed by atoms with Crippen LogP contribution in [0.25, 0.3) is 6.08 Å². The number of halogens is 3. The predicted octanol–water partition coefficient (Wildman–Crippen LogP) is 4.75. The molecule has 3 heterocycles. The highest BCUT2D eigenvalue weighted by atomic mass is 19.4. The first-order valence-corrected chi connectivity index (χ1v) is 13.3. The number of aryl methyl sites for hydroxylation is 1. The van der Waals surface area contributed by atoms with Crippen molar-refractivity contribution in [1.82, 2.24) is 19.4 Å². The third-order valence-corrected chi connectivity index (χ3v) is 6.90. The van der Waals surface area contributed by atoms with Gasteiger partial charge in [-0.3, -0.25) is 14.4 Å². The van der Waals surface area contributed by atoms with E-state index in [1.165, 1.54) is 18.3 Å². The van der Waals surface area contributed by atoms with Crippen molar-refractivity contribution in [1.29, 1.82) is 0 Å². The lowest BCUT2D eigenvalue weighted by Crippen LogP contribution is -2.45. The topological polar surface area (TPSA) is 95.1 Å². The molecule has 13 heteroatoms. The number of hydrogen-bond donors (Lipinski definition) is 0. The number of piperazine rings is 1. The molecule has 0 amide bonds. The first-order chi connectivity index (χ1) is 19.7. The summed E-state index contributed by atoms with van der Waals surface area (Å²) < 4.78 is 54.1. The summed E-state index contributed by atoms with van der Waals surface area (Å²) in [5, 5.41) is 10.9. The Bertz CT molecular complexity index is 1340. The highest BCUT2D eigenvalue weighted by Gasteiger charge is 2.31. The normalized spacial score (nSPS) is 18.2. The zero-order valence-electron chi connectivity index (χ0n) is 22.2. The van der Waals surface area contributed by atoms with Gasteiger partial charge in [0.25, 0.3) is 0 Å². The van der Waals surface area contributed by atoms with Crippen molar-refractivity contribution in [3.63, 3.8) is 0 Å². The van der Waals surface area contributed by atoms with Gasteiger partial charge in [0.1, 0.15) is 30.4 Å². The fraction of sp³-hybridized carbons (Fsp3) is 0.393. The number of imidazole rings is 1. The van der Waals surface area contributed by atoms with E-state index in [-0.39, 0.29) is 23.7 Å². The molecule has 0 spiro atoms. The zero-order valence-corrected chi connectivity index (χ0v) is 22.2. The SMILES string of the molecule is O=[N+]([O-])c1cn2c(n1)O[C@@H](COc1ccc(C=CCN3CCN(Cc4ccc(OC(F)(F)F)cc4)CC3)cc1)CC2. The van der Waals surface area contributed by atoms with Gasteiger partial charge in [-0.1, -0.05) is 36.4 Å². The summed E-state index contributed by atoms with van der Waals surface area (Å²) in [5.74, 6) is 0.280. The van der Waals surface area contributed by atoms with Crippen LogP contribution in [0.1, 0.15) is 17.5 Å². The van der Waals surface area contributed by atoms with Crippen LogP contribution >= 0.6 is 0 Å². The molecule has 2 aliphatic heterocycles. The monoisotopic (exact) mass is 573 g/mol. The van der Waals surface area contributed by atoms with Crippen LogP contribution in [-0.2, 0) is 13.1 Å². The quantitative estimate of drug-likeness (QED) is 0.253. The molecule has 0 bridgehead atoms. The number of benzene rings is 2. The van der Waals surface area contributed by atoms with Gasteiger partial charge in [0.2, 0.25) is 0 Å². The molecule has 5 rings (SSSR count). The van der Waals surface area contributed by atoms with Gasteiger partial charge in [-0.05, 0) is 40.3 Å². The minimum Gasteiger partial charge on any atom is -0.490 e. The second-order valence-corrected chi connectivity index (χ2v) is 9.91. The van der Waals surface area contributed by atoms with Crippen molar-refractivity contribution in [3.8, 4) is 17.5 Å². The van der Waals surface area contributed by atoms with Crippen LogP contribution in [0, 0.1) is 10.1 Å². The number of hydrogen-bond acceptors (Lipinski definition) is 8. The van der Waals surface area contributed by atoms with E-state index in [1.54, 1.807) is 16.7 Å². The second kappa shape index (κ2) is 12.6. The van der Waals surface area contributed by atoms with E-state index in [4.69, 9.17) is 9.47 Å². The molecule has 3 aromatic rings. The van der Waals surface area contributed by atoms with Crippen LogP contribution in [0.3, 0.4) is 0 Å². The van der Waals surface area contributed by atoms with Crippen LogP contribution in [0.2, 0.25) is 0 Å². The summed E-state index contributed by atoms with van der Waals surface area (Å²) in [6, 6.07) is 14.0. The van der Waals surface area contributed by atoms with E-state index in [2.05, 4.69) is 31.7 Å². The Morgan fingerprint density at radius 1 is 1.00 bits per heavy atom. The Labute approximate surface area is 234 Å². The van der Waals surface area contributed by atoms with Crippen LogP contribution in [0.4, 0.5) is 19.0 Å². The first-order valence-electron chi connectivity index (χ1n) is 13.3. The van der Waals surface area contributed by atoms with Crippen molar-refractivity contribution in [2.45, 2.75) is 32.0 Å². The molecule has 10 nitrogen and oxygen atoms in total. The summed E-state index contributed by atoms with van der Waals surface area (Å²) >= 11 is 0. The third-order valence-electron chi connectivity index (χ3n) is 6.90. The molecule has 0 N–H and O–H groups in total. The molecule has 0 saturated carbocycles. The highest BCUT2D eigenvalue weighted by Crippen LogP contribution is 2.25. The zero-order chi connectivity index (χ0) is 28.8. The van der Waals surface area contributed by atoms with Crippen LogP contribution in [0.5, 0.6) is 17.5 Å². The van der Waals surface area contributed by atoms with E-state index in [1.807, 2.05) is 24.3 Å². The lowest BCUT2D eigenvalue weighted by atomic mass is 10.2. The number of fused-ring (bicyclic) bond motifs is 1. The van der Waals surface area contributed by atoms with E-state index >= 15 is 0 Å². The number of ether oxygens (including phenoxy) is 3. The van der Waals surface area contributed by atoms with Crippen molar-refractivity contribution in [2.75, 3.05) is 39.3 Å². The van der Waals surface area contributed by atoms with Crippen LogP contribution in [-0.4, -0.2) is 76.1 Å². The molecule has 218 valence electrons. The Morgan fingerprint density at radius 2 is 1.68 bits per heavy atom. The van der Waals surface area contributed by atoms with E-state index in [0.29, 0.717) is 31.9 Å². The molecule has 2 aromatic carbocycles. The standard InChI is InChI=1S/C28H30F3N5O5/c29-28(30,31)41-24-9-5-22(6-10-24)18-34-16-14-33(15-17-34)12-1-2-21-3-7-23(8-4-21)39-20-25-11-13-35-19-26(36(37)38)32-27(35)40-25/h1-10,19,25H,11-18,20H2/t25-/m1/s1. The van der Waals surface area contributed by atoms with Gasteiger partial charge in [-0.2, -0.15) is 0 Å². The van der Waals surface area contributed by atoms with Crippen LogP contribution < -0.4 is 14.2 Å². The fourth-order valence-corrected chi connectivity index (χ4v) is 4.72. The van der Waals surface area contributed by atoms with Gasteiger partial charge in [-0.25, -0.2) is 0 Å². The lowest BCUT2D eigenvalue weighted by molar-refractivity contribution is -0.389. The average Bonchev–Trinajstić information content (AvgIpc) is 3.38. The minimum atomic E-state index is -4.68. The summed E-state index contributed by atoms with van der Waals surface area (Å²) in [7, 11) is 0. The number of alkyl halides is 3. The first kappa shape index (κ1) is 28.4. The third kappa shape index (κ3) is 8.21. The molecule has 1 fully saturated rings. The van der Waals surface area contributed by atoms with E-state index in [0.717, 1.165) is 43.9 Å². The Morgan fingerprint density at radius 3 is 2.37 bits per heavy atom. The average molecular weight is 574 g/mol. The molecule has 0 aliphatic carbocycles. The smallest absolute Gasteiger partial charge is 0.490 e. The van der Waals surface area contributed by atoms with Gasteiger partial charge in [0, 0.05) is 57.2 Å². The maximum absolute atomic E-state index is 12.3. The Hall–Kier alpha value is -4.10. The fourth-order valence-electron chi connectivity index (χ4n) is 4.72. The lowest BCUT2D eigenvalue weighted by Gasteiger charge is -2.34. The summed E-state index contributed by atoms with van der Waals surface area (Å²) in [4.78, 5) is 18.9. The van der Waals surface area contributed by atoms with Gasteiger partial charge in [0.15, 0.2) is 0 Å². The van der Waals surface area contributed by atoms with E-state index < -0.39 is 11.3 Å². The van der Waals surface area contributed by atoms with Gasteiger partial charge >= 0.3 is 18.2 Å². The minimum absolute atomic E-state index is 0.208. The van der Waals surface area contributed by atoms with Gasteiger partial charge in [-0.15, -0.1) is 13.2 Å². The molecular weight excluding hydrogens is 543 g/mol. The molecule has 41 heavy (non-hydrogen) atoms. The summed E-state index contributed by atoms with van der Waals surface area (Å²) in [6.07, 6.45) is 1.33. The van der Waals surface area contributed by atoms with E-state index in [9.17, 15) is 23.3 Å². The van der Waals surface area contributed by atoms with Crippen molar-refractivity contribution in [2.24, 2.45) is 0 Å². The molecule has 0 radical (unpaired) electrons. The van der Waals surface area contributed by atoms with Crippen molar-refractivity contribution in [3.05, 3.63) is 82.0 Å². The maximum Gasteiger partial charge on any atom is 0.573 e. The molecule has 1 atom stereocenters. The largest absolute Gasteiger partial charge is 0.573 e. The number of nitrogens with zero attached hydrogens (tertiary/aromatic N) is 5. The number of aromatic nitrogens is 2. The highest BCUT2D eigenvalue weighted by molar-refractivity contribution is 5.50. The predicted molar refractivity (Wildman–Crippen MR) is 144 cm³/mol. The Balaban J connectivity index is 0.999. The van der Waals surface area contributed by atoms with Crippen LogP contribution in [0.15, 0.2) is 60.8 Å². The molecule has 2 aliphatic rings. The van der Waals surface area contributed by atoms with Gasteiger partial charge < -0.3 is 24.3 Å². The second-order valence-electron chi connectivity index (χ2n) is 9.91. The van der Waals surface area contributed by atoms with Crippen molar-refractivity contribution >= 4 is 11.9 Å². The summed E-state index contributed by atoms with van der Waals surface area (Å²) in [6.45, 7) is 5.98. The molecular formula is C28H30F3N5O5. The van der Waals surface area contributed by atoms with Crippen molar-refractivity contribution < 1.29 is 32.3 Å². The Kier molecular flexibility index (Phi) is 8.74. The molecule has 1 aromatic heterocycles. The molecule has 0 unspecified atom stereocenters. The van der Waals surface area contributed by atoms with Gasteiger partial charge in [0.05, 0.1) is 0 Å². The molecule has 1 saturated heterocycles.